The van der Waals surface area contributed by atoms with E-state index in [2.05, 4.69) is 64.6 Å². The Kier molecular flexibility index (Phi) is 6.75. The summed E-state index contributed by atoms with van der Waals surface area (Å²) in [5.74, 6) is 0.395. The van der Waals surface area contributed by atoms with Gasteiger partial charge in [0, 0.05) is 22.0 Å². The van der Waals surface area contributed by atoms with Crippen LogP contribution in [0.5, 0.6) is 0 Å². The maximum Gasteiger partial charge on any atom is 0.0441 e. The van der Waals surface area contributed by atoms with Crippen LogP contribution in [0, 0.1) is 0 Å². The van der Waals surface area contributed by atoms with E-state index < -0.39 is 0 Å². The fourth-order valence-corrected chi connectivity index (χ4v) is 3.01. The molecule has 0 saturated carbocycles. The van der Waals surface area contributed by atoms with Gasteiger partial charge in [-0.3, -0.25) is 0 Å². The highest BCUT2D eigenvalue weighted by Crippen LogP contribution is 2.27. The average Bonchev–Trinajstić information content (AvgIpc) is 2.49. The van der Waals surface area contributed by atoms with Crippen molar-refractivity contribution < 1.29 is 0 Å². The van der Waals surface area contributed by atoms with Gasteiger partial charge < -0.3 is 5.32 Å². The molecule has 21 heavy (non-hydrogen) atoms. The van der Waals surface area contributed by atoms with Gasteiger partial charge >= 0.3 is 0 Å². The van der Waals surface area contributed by atoms with E-state index >= 15 is 0 Å². The Morgan fingerprint density at radius 2 is 1.81 bits per heavy atom. The van der Waals surface area contributed by atoms with Crippen molar-refractivity contribution in [2.45, 2.75) is 25.7 Å². The minimum absolute atomic E-state index is 0.395. The molecule has 1 unspecified atom stereocenters. The van der Waals surface area contributed by atoms with E-state index in [-0.39, 0.29) is 0 Å². The summed E-state index contributed by atoms with van der Waals surface area (Å²) in [5.41, 5.74) is 2.56. The molecule has 0 saturated heterocycles. The molecule has 2 rings (SSSR count). The fourth-order valence-electron chi connectivity index (χ4n) is 2.46. The molecule has 0 spiro atoms. The van der Waals surface area contributed by atoms with E-state index in [0.717, 1.165) is 35.4 Å². The molecule has 0 fully saturated rings. The van der Waals surface area contributed by atoms with E-state index in [1.165, 1.54) is 11.1 Å². The SMILES string of the molecule is CCCNCC(Cc1ccc(Br)cc1)c1ccccc1Cl. The molecular weight excluding hydrogens is 346 g/mol. The molecule has 1 nitrogen and oxygen atoms in total. The second kappa shape index (κ2) is 8.57. The Morgan fingerprint density at radius 3 is 2.48 bits per heavy atom. The zero-order chi connectivity index (χ0) is 15.1. The number of nitrogens with one attached hydrogen (secondary N) is 1. The van der Waals surface area contributed by atoms with Gasteiger partial charge in [0.15, 0.2) is 0 Å². The number of rotatable bonds is 7. The highest BCUT2D eigenvalue weighted by molar-refractivity contribution is 9.10. The summed E-state index contributed by atoms with van der Waals surface area (Å²) in [4.78, 5) is 0. The maximum atomic E-state index is 6.39. The van der Waals surface area contributed by atoms with Crippen molar-refractivity contribution in [3.63, 3.8) is 0 Å². The number of halogens is 2. The summed E-state index contributed by atoms with van der Waals surface area (Å²) in [6.07, 6.45) is 2.14. The van der Waals surface area contributed by atoms with E-state index in [9.17, 15) is 0 Å². The second-order valence-corrected chi connectivity index (χ2v) is 6.58. The minimum atomic E-state index is 0.395. The summed E-state index contributed by atoms with van der Waals surface area (Å²) >= 11 is 9.87. The third-order valence-corrected chi connectivity index (χ3v) is 4.43. The van der Waals surface area contributed by atoms with Crippen LogP contribution in [0.4, 0.5) is 0 Å². The van der Waals surface area contributed by atoms with Gasteiger partial charge in [-0.1, -0.05) is 64.8 Å². The van der Waals surface area contributed by atoms with Gasteiger partial charge in [-0.05, 0) is 48.7 Å². The van der Waals surface area contributed by atoms with Crippen LogP contribution in [-0.4, -0.2) is 13.1 Å². The molecule has 0 aromatic heterocycles. The second-order valence-electron chi connectivity index (χ2n) is 5.25. The van der Waals surface area contributed by atoms with Crippen LogP contribution in [0.2, 0.25) is 5.02 Å². The quantitative estimate of drug-likeness (QED) is 0.644. The largest absolute Gasteiger partial charge is 0.316 e. The fraction of sp³-hybridized carbons (Fsp3) is 0.333. The standard InChI is InChI=1S/C18H21BrClN/c1-2-11-21-13-15(17-5-3-4-6-18(17)20)12-14-7-9-16(19)10-8-14/h3-10,15,21H,2,11-13H2,1H3. The molecule has 112 valence electrons. The summed E-state index contributed by atoms with van der Waals surface area (Å²) < 4.78 is 1.12. The van der Waals surface area contributed by atoms with Crippen molar-refractivity contribution in [1.29, 1.82) is 0 Å². The first kappa shape index (κ1) is 16.5. The molecule has 0 bridgehead atoms. The third kappa shape index (κ3) is 5.14. The Balaban J connectivity index is 2.15. The van der Waals surface area contributed by atoms with Crippen molar-refractivity contribution in [2.75, 3.05) is 13.1 Å². The summed E-state index contributed by atoms with van der Waals surface area (Å²) in [6, 6.07) is 16.7. The molecule has 1 N–H and O–H groups in total. The lowest BCUT2D eigenvalue weighted by Crippen LogP contribution is -2.24. The van der Waals surface area contributed by atoms with Crippen LogP contribution >= 0.6 is 27.5 Å². The number of benzene rings is 2. The molecule has 2 aromatic rings. The first-order valence-corrected chi connectivity index (χ1v) is 8.57. The molecule has 3 heteroatoms. The van der Waals surface area contributed by atoms with Gasteiger partial charge in [0.2, 0.25) is 0 Å². The van der Waals surface area contributed by atoms with Crippen LogP contribution < -0.4 is 5.32 Å². The highest BCUT2D eigenvalue weighted by Gasteiger charge is 2.15. The molecule has 0 aliphatic heterocycles. The van der Waals surface area contributed by atoms with Crippen LogP contribution in [0.15, 0.2) is 53.0 Å². The lowest BCUT2D eigenvalue weighted by atomic mass is 9.92. The van der Waals surface area contributed by atoms with Crippen molar-refractivity contribution in [2.24, 2.45) is 0 Å². The van der Waals surface area contributed by atoms with Gasteiger partial charge in [0.05, 0.1) is 0 Å². The van der Waals surface area contributed by atoms with E-state index in [1.807, 2.05) is 12.1 Å². The summed E-state index contributed by atoms with van der Waals surface area (Å²) in [6.45, 7) is 4.18. The van der Waals surface area contributed by atoms with Crippen LogP contribution in [-0.2, 0) is 6.42 Å². The average molecular weight is 367 g/mol. The predicted molar refractivity (Wildman–Crippen MR) is 95.2 cm³/mol. The van der Waals surface area contributed by atoms with Crippen molar-refractivity contribution in [1.82, 2.24) is 5.32 Å². The zero-order valence-electron chi connectivity index (χ0n) is 12.3. The normalized spacial score (nSPS) is 12.3. The summed E-state index contributed by atoms with van der Waals surface area (Å²) in [7, 11) is 0. The summed E-state index contributed by atoms with van der Waals surface area (Å²) in [5, 5.41) is 4.38. The van der Waals surface area contributed by atoms with Gasteiger partial charge in [0.25, 0.3) is 0 Å². The van der Waals surface area contributed by atoms with Crippen molar-refractivity contribution >= 4 is 27.5 Å². The highest BCUT2D eigenvalue weighted by atomic mass is 79.9. The predicted octanol–water partition coefficient (Wildman–Crippen LogP) is 5.43. The Labute approximate surface area is 140 Å². The van der Waals surface area contributed by atoms with Gasteiger partial charge in [0.1, 0.15) is 0 Å². The first-order chi connectivity index (χ1) is 10.2. The lowest BCUT2D eigenvalue weighted by Gasteiger charge is -2.19. The molecular formula is C18H21BrClN. The minimum Gasteiger partial charge on any atom is -0.316 e. The zero-order valence-corrected chi connectivity index (χ0v) is 14.6. The number of hydrogen-bond donors (Lipinski definition) is 1. The van der Waals surface area contributed by atoms with E-state index in [4.69, 9.17) is 11.6 Å². The maximum absolute atomic E-state index is 6.39. The first-order valence-electron chi connectivity index (χ1n) is 7.40. The molecule has 0 aliphatic rings. The third-order valence-electron chi connectivity index (χ3n) is 3.56. The van der Waals surface area contributed by atoms with Gasteiger partial charge in [-0.2, -0.15) is 0 Å². The van der Waals surface area contributed by atoms with Crippen LogP contribution in [0.25, 0.3) is 0 Å². The molecule has 0 heterocycles. The van der Waals surface area contributed by atoms with Gasteiger partial charge in [-0.25, -0.2) is 0 Å². The Bertz CT molecular complexity index is 553. The number of hydrogen-bond acceptors (Lipinski definition) is 1. The van der Waals surface area contributed by atoms with E-state index in [1.54, 1.807) is 0 Å². The Hall–Kier alpha value is -0.830. The van der Waals surface area contributed by atoms with E-state index in [0.29, 0.717) is 5.92 Å². The van der Waals surface area contributed by atoms with Crippen molar-refractivity contribution in [3.05, 3.63) is 69.2 Å². The Morgan fingerprint density at radius 1 is 1.10 bits per heavy atom. The lowest BCUT2D eigenvalue weighted by molar-refractivity contribution is 0.577. The van der Waals surface area contributed by atoms with Gasteiger partial charge in [-0.15, -0.1) is 0 Å². The topological polar surface area (TPSA) is 12.0 Å². The molecule has 1 atom stereocenters. The monoisotopic (exact) mass is 365 g/mol. The molecule has 2 aromatic carbocycles. The molecule has 0 amide bonds. The van der Waals surface area contributed by atoms with Crippen LogP contribution in [0.3, 0.4) is 0 Å². The van der Waals surface area contributed by atoms with Crippen molar-refractivity contribution in [3.8, 4) is 0 Å². The molecule has 0 aliphatic carbocycles. The molecule has 0 radical (unpaired) electrons. The van der Waals surface area contributed by atoms with Crippen LogP contribution in [0.1, 0.15) is 30.4 Å². The smallest absolute Gasteiger partial charge is 0.0441 e.